The Labute approximate surface area is 145 Å². The number of rotatable bonds is 6. The molecule has 0 atom stereocenters. The molecule has 1 heterocycles. The number of aryl methyl sites for hydroxylation is 2. The van der Waals surface area contributed by atoms with Crippen LogP contribution in [-0.4, -0.2) is 14.9 Å². The van der Waals surface area contributed by atoms with Crippen LogP contribution in [0, 0.1) is 13.8 Å². The highest BCUT2D eigenvalue weighted by atomic mass is 32.2. The maximum absolute atomic E-state index is 6.08. The molecule has 6 heteroatoms. The summed E-state index contributed by atoms with van der Waals surface area (Å²) in [6, 6.07) is 16.3. The van der Waals surface area contributed by atoms with Gasteiger partial charge in [-0.15, -0.1) is 10.2 Å². The molecule has 124 valence electrons. The van der Waals surface area contributed by atoms with E-state index in [9.17, 15) is 0 Å². The van der Waals surface area contributed by atoms with Gasteiger partial charge in [0, 0.05) is 5.75 Å². The van der Waals surface area contributed by atoms with Crippen LogP contribution in [0.4, 0.5) is 0 Å². The lowest BCUT2D eigenvalue weighted by atomic mass is 10.1. The van der Waals surface area contributed by atoms with Gasteiger partial charge in [-0.1, -0.05) is 48.2 Å². The first-order valence-electron chi connectivity index (χ1n) is 7.69. The Kier molecular flexibility index (Phi) is 5.05. The summed E-state index contributed by atoms with van der Waals surface area (Å²) in [4.78, 5) is 0. The highest BCUT2D eigenvalue weighted by molar-refractivity contribution is 7.98. The predicted molar refractivity (Wildman–Crippen MR) is 96.4 cm³/mol. The van der Waals surface area contributed by atoms with Crippen molar-refractivity contribution in [3.8, 4) is 5.75 Å². The smallest absolute Gasteiger partial charge is 0.210 e. The Bertz CT molecular complexity index is 797. The van der Waals surface area contributed by atoms with Crippen LogP contribution in [0.25, 0.3) is 0 Å². The van der Waals surface area contributed by atoms with E-state index in [-0.39, 0.29) is 6.61 Å². The molecule has 0 aliphatic rings. The third kappa shape index (κ3) is 4.08. The van der Waals surface area contributed by atoms with Crippen molar-refractivity contribution in [1.82, 2.24) is 14.9 Å². The number of aromatic nitrogens is 3. The number of benzene rings is 2. The Balaban J connectivity index is 1.62. The number of hydrogen-bond acceptors (Lipinski definition) is 5. The first-order chi connectivity index (χ1) is 11.6. The fourth-order valence-electron chi connectivity index (χ4n) is 2.39. The van der Waals surface area contributed by atoms with Gasteiger partial charge in [0.25, 0.3) is 0 Å². The molecule has 0 saturated heterocycles. The maximum Gasteiger partial charge on any atom is 0.210 e. The van der Waals surface area contributed by atoms with Gasteiger partial charge in [0.1, 0.15) is 12.4 Å². The van der Waals surface area contributed by atoms with E-state index in [1.165, 1.54) is 21.4 Å². The van der Waals surface area contributed by atoms with Crippen LogP contribution in [0.3, 0.4) is 0 Å². The topological polar surface area (TPSA) is 66.0 Å². The third-order valence-electron chi connectivity index (χ3n) is 3.51. The molecule has 0 amide bonds. The molecule has 0 aliphatic heterocycles. The molecule has 2 N–H and O–H groups in total. The van der Waals surface area contributed by atoms with Crippen molar-refractivity contribution in [3.05, 3.63) is 71.0 Å². The highest BCUT2D eigenvalue weighted by Gasteiger charge is 2.11. The van der Waals surface area contributed by atoms with E-state index < -0.39 is 0 Å². The van der Waals surface area contributed by atoms with Crippen LogP contribution in [0.5, 0.6) is 5.75 Å². The van der Waals surface area contributed by atoms with Gasteiger partial charge in [0.05, 0.1) is 0 Å². The third-order valence-corrected chi connectivity index (χ3v) is 4.52. The molecule has 0 aliphatic carbocycles. The lowest BCUT2D eigenvalue weighted by Gasteiger charge is -2.08. The van der Waals surface area contributed by atoms with Crippen LogP contribution >= 0.6 is 11.8 Å². The lowest BCUT2D eigenvalue weighted by Crippen LogP contribution is -2.15. The average molecular weight is 340 g/mol. The predicted octanol–water partition coefficient (Wildman–Crippen LogP) is 3.48. The summed E-state index contributed by atoms with van der Waals surface area (Å²) in [6.07, 6.45) is 0. The molecule has 1 aromatic heterocycles. The summed E-state index contributed by atoms with van der Waals surface area (Å²) >= 11 is 1.56. The van der Waals surface area contributed by atoms with Crippen molar-refractivity contribution < 1.29 is 4.74 Å². The largest absolute Gasteiger partial charge is 0.486 e. The van der Waals surface area contributed by atoms with Gasteiger partial charge < -0.3 is 10.6 Å². The molecule has 3 rings (SSSR count). The Hall–Kier alpha value is -2.47. The summed E-state index contributed by atoms with van der Waals surface area (Å²) < 4.78 is 7.29. The molecule has 0 bridgehead atoms. The lowest BCUT2D eigenvalue weighted by molar-refractivity contribution is 0.291. The monoisotopic (exact) mass is 340 g/mol. The van der Waals surface area contributed by atoms with E-state index in [4.69, 9.17) is 10.6 Å². The van der Waals surface area contributed by atoms with Gasteiger partial charge in [-0.2, -0.15) is 0 Å². The molecule has 0 saturated carbocycles. The maximum atomic E-state index is 6.08. The number of nitrogen functional groups attached to an aromatic ring is 1. The first kappa shape index (κ1) is 16.4. The van der Waals surface area contributed by atoms with Crippen molar-refractivity contribution >= 4 is 11.8 Å². The molecule has 3 aromatic rings. The van der Waals surface area contributed by atoms with Crippen molar-refractivity contribution in [2.24, 2.45) is 0 Å². The summed E-state index contributed by atoms with van der Waals surface area (Å²) in [6.45, 7) is 4.38. The molecular weight excluding hydrogens is 320 g/mol. The number of nitrogens with two attached hydrogens (primary N) is 1. The Morgan fingerprint density at radius 3 is 2.46 bits per heavy atom. The van der Waals surface area contributed by atoms with Gasteiger partial charge in [-0.25, -0.2) is 4.68 Å². The summed E-state index contributed by atoms with van der Waals surface area (Å²) in [7, 11) is 0. The summed E-state index contributed by atoms with van der Waals surface area (Å²) in [5, 5.41) is 8.96. The fraction of sp³-hybridized carbons (Fsp3) is 0.222. The molecule has 0 spiro atoms. The van der Waals surface area contributed by atoms with E-state index in [1.54, 1.807) is 11.8 Å². The summed E-state index contributed by atoms with van der Waals surface area (Å²) in [5.74, 6) is 8.30. The average Bonchev–Trinajstić information content (AvgIpc) is 2.91. The second-order valence-electron chi connectivity index (χ2n) is 5.66. The zero-order valence-corrected chi connectivity index (χ0v) is 14.6. The molecule has 5 nitrogen and oxygen atoms in total. The van der Waals surface area contributed by atoms with Gasteiger partial charge >= 0.3 is 0 Å². The SMILES string of the molecule is Cc1cc(C)cc(OCc2nnc(SCc3ccccc3)n2N)c1. The van der Waals surface area contributed by atoms with Crippen LogP contribution in [0.15, 0.2) is 53.7 Å². The second kappa shape index (κ2) is 7.40. The normalized spacial score (nSPS) is 10.8. The van der Waals surface area contributed by atoms with E-state index in [2.05, 4.69) is 28.4 Å². The molecule has 0 fully saturated rings. The molecule has 0 unspecified atom stereocenters. The van der Waals surface area contributed by atoms with E-state index in [0.29, 0.717) is 11.0 Å². The molecule has 2 aromatic carbocycles. The molecule has 24 heavy (non-hydrogen) atoms. The number of ether oxygens (including phenoxy) is 1. The number of hydrogen-bond donors (Lipinski definition) is 1. The van der Waals surface area contributed by atoms with Gasteiger partial charge in [-0.3, -0.25) is 0 Å². The van der Waals surface area contributed by atoms with E-state index in [1.807, 2.05) is 44.2 Å². The van der Waals surface area contributed by atoms with Gasteiger partial charge in [0.15, 0.2) is 5.82 Å². The zero-order chi connectivity index (χ0) is 16.9. The van der Waals surface area contributed by atoms with Gasteiger partial charge in [0.2, 0.25) is 5.16 Å². The minimum Gasteiger partial charge on any atom is -0.486 e. The van der Waals surface area contributed by atoms with Crippen molar-refractivity contribution in [2.45, 2.75) is 31.4 Å². The van der Waals surface area contributed by atoms with Crippen molar-refractivity contribution in [1.29, 1.82) is 0 Å². The fourth-order valence-corrected chi connectivity index (χ4v) is 3.22. The minimum atomic E-state index is 0.290. The quantitative estimate of drug-likeness (QED) is 0.550. The number of nitrogens with zero attached hydrogens (tertiary/aromatic N) is 3. The first-order valence-corrected chi connectivity index (χ1v) is 8.67. The van der Waals surface area contributed by atoms with Crippen LogP contribution in [0.1, 0.15) is 22.5 Å². The standard InChI is InChI=1S/C18H20N4OS/c1-13-8-14(2)10-16(9-13)23-11-17-20-21-18(22(17)19)24-12-15-6-4-3-5-7-15/h3-10H,11-12,19H2,1-2H3. The van der Waals surface area contributed by atoms with Crippen molar-refractivity contribution in [3.63, 3.8) is 0 Å². The van der Waals surface area contributed by atoms with E-state index in [0.717, 1.165) is 11.5 Å². The summed E-state index contributed by atoms with van der Waals surface area (Å²) in [5.41, 5.74) is 3.55. The van der Waals surface area contributed by atoms with Crippen molar-refractivity contribution in [2.75, 3.05) is 5.84 Å². The molecule has 0 radical (unpaired) electrons. The Morgan fingerprint density at radius 1 is 1.04 bits per heavy atom. The van der Waals surface area contributed by atoms with Crippen LogP contribution in [-0.2, 0) is 12.4 Å². The van der Waals surface area contributed by atoms with Gasteiger partial charge in [-0.05, 0) is 42.7 Å². The second-order valence-corrected chi connectivity index (χ2v) is 6.60. The minimum absolute atomic E-state index is 0.290. The highest BCUT2D eigenvalue weighted by Crippen LogP contribution is 2.21. The zero-order valence-electron chi connectivity index (χ0n) is 13.8. The number of thioether (sulfide) groups is 1. The van der Waals surface area contributed by atoms with Crippen LogP contribution in [0.2, 0.25) is 0 Å². The Morgan fingerprint density at radius 2 is 1.75 bits per heavy atom. The van der Waals surface area contributed by atoms with Crippen LogP contribution < -0.4 is 10.6 Å². The van der Waals surface area contributed by atoms with E-state index >= 15 is 0 Å². The molecular formula is C18H20N4OS.